The van der Waals surface area contributed by atoms with Crippen LogP contribution >= 0.6 is 0 Å². The predicted octanol–water partition coefficient (Wildman–Crippen LogP) is 3.67. The lowest BCUT2D eigenvalue weighted by Gasteiger charge is -2.12. The van der Waals surface area contributed by atoms with Gasteiger partial charge in [-0.2, -0.15) is 5.10 Å². The van der Waals surface area contributed by atoms with Crippen molar-refractivity contribution in [2.24, 2.45) is 0 Å². The number of pyridine rings is 1. The maximum atomic E-state index is 12.6. The van der Waals surface area contributed by atoms with Crippen LogP contribution in [0.4, 0.5) is 0 Å². The summed E-state index contributed by atoms with van der Waals surface area (Å²) in [6, 6.07) is 9.92. The van der Waals surface area contributed by atoms with E-state index in [1.165, 1.54) is 0 Å². The molecule has 0 fully saturated rings. The number of benzene rings is 1. The lowest BCUT2D eigenvalue weighted by atomic mass is 10.0. The van der Waals surface area contributed by atoms with Crippen molar-refractivity contribution >= 4 is 16.9 Å². The first kappa shape index (κ1) is 17.1. The third-order valence-corrected chi connectivity index (χ3v) is 4.03. The third-order valence-electron chi connectivity index (χ3n) is 4.03. The van der Waals surface area contributed by atoms with Crippen molar-refractivity contribution in [3.63, 3.8) is 0 Å². The summed E-state index contributed by atoms with van der Waals surface area (Å²) in [6.45, 7) is 8.32. The van der Waals surface area contributed by atoms with Gasteiger partial charge in [-0.1, -0.05) is 24.3 Å². The predicted molar refractivity (Wildman–Crippen MR) is 97.2 cm³/mol. The first-order valence-electron chi connectivity index (χ1n) is 8.39. The van der Waals surface area contributed by atoms with E-state index in [2.05, 4.69) is 10.6 Å². The number of aromatic nitrogens is 3. The van der Waals surface area contributed by atoms with E-state index in [1.54, 1.807) is 12.3 Å². The van der Waals surface area contributed by atoms with Crippen LogP contribution in [0.2, 0.25) is 0 Å². The van der Waals surface area contributed by atoms with Gasteiger partial charge >= 0.3 is 0 Å². The molecule has 0 saturated heterocycles. The van der Waals surface area contributed by atoms with E-state index < -0.39 is 0 Å². The van der Waals surface area contributed by atoms with E-state index in [0.29, 0.717) is 23.2 Å². The fraction of sp³-hybridized carbons (Fsp3) is 0.316. The molecule has 0 atom stereocenters. The minimum atomic E-state index is -0.299. The number of amides is 1. The summed E-state index contributed by atoms with van der Waals surface area (Å²) in [5.74, 6) is -0.299. The van der Waals surface area contributed by atoms with Gasteiger partial charge in [-0.25, -0.2) is 15.1 Å². The van der Waals surface area contributed by atoms with Gasteiger partial charge in [0.2, 0.25) is 0 Å². The molecule has 2 aromatic heterocycles. The molecule has 2 heterocycles. The number of hydroxylamine groups is 1. The molecule has 0 bridgehead atoms. The van der Waals surface area contributed by atoms with E-state index in [-0.39, 0.29) is 11.9 Å². The smallest absolute Gasteiger partial charge is 0.274 e. The second-order valence-corrected chi connectivity index (χ2v) is 6.15. The van der Waals surface area contributed by atoms with Crippen LogP contribution in [0.5, 0.6) is 0 Å². The van der Waals surface area contributed by atoms with Crippen molar-refractivity contribution in [2.45, 2.75) is 33.7 Å². The Bertz CT molecular complexity index is 915. The largest absolute Gasteiger partial charge is 0.275 e. The van der Waals surface area contributed by atoms with Crippen LogP contribution < -0.4 is 5.48 Å². The van der Waals surface area contributed by atoms with Crippen molar-refractivity contribution < 1.29 is 9.63 Å². The normalized spacial score (nSPS) is 11.2. The molecule has 0 aliphatic heterocycles. The van der Waals surface area contributed by atoms with Crippen LogP contribution in [0.15, 0.2) is 36.5 Å². The van der Waals surface area contributed by atoms with Crippen LogP contribution in [0.1, 0.15) is 42.7 Å². The molecular formula is C19H22N4O2. The van der Waals surface area contributed by atoms with Crippen molar-refractivity contribution in [3.05, 3.63) is 47.7 Å². The number of hydrogen-bond donors (Lipinski definition) is 1. The molecule has 1 aromatic carbocycles. The van der Waals surface area contributed by atoms with Gasteiger partial charge in [0, 0.05) is 11.6 Å². The van der Waals surface area contributed by atoms with E-state index in [4.69, 9.17) is 9.82 Å². The van der Waals surface area contributed by atoms with E-state index in [1.807, 2.05) is 56.6 Å². The Balaban J connectivity index is 2.23. The van der Waals surface area contributed by atoms with Gasteiger partial charge in [0.1, 0.15) is 0 Å². The molecule has 0 spiro atoms. The summed E-state index contributed by atoms with van der Waals surface area (Å²) in [6.07, 6.45) is 1.69. The molecule has 1 amide bonds. The summed E-state index contributed by atoms with van der Waals surface area (Å²) in [7, 11) is 0. The van der Waals surface area contributed by atoms with Crippen LogP contribution in [0.3, 0.4) is 0 Å². The van der Waals surface area contributed by atoms with E-state index in [9.17, 15) is 4.79 Å². The Hall–Kier alpha value is -2.73. The van der Waals surface area contributed by atoms with Crippen molar-refractivity contribution in [3.8, 4) is 11.3 Å². The number of carbonyl (C=O) groups is 1. The van der Waals surface area contributed by atoms with Gasteiger partial charge in [-0.3, -0.25) is 9.63 Å². The summed E-state index contributed by atoms with van der Waals surface area (Å²) < 4.78 is 1.83. The Labute approximate surface area is 146 Å². The Morgan fingerprint density at radius 2 is 2.08 bits per heavy atom. The Morgan fingerprint density at radius 3 is 2.76 bits per heavy atom. The first-order chi connectivity index (χ1) is 12.0. The van der Waals surface area contributed by atoms with Gasteiger partial charge in [0.05, 0.1) is 29.4 Å². The van der Waals surface area contributed by atoms with Crippen molar-refractivity contribution in [1.29, 1.82) is 0 Å². The molecular weight excluding hydrogens is 316 g/mol. The van der Waals surface area contributed by atoms with E-state index >= 15 is 0 Å². The number of carbonyl (C=O) groups excluding carboxylic acids is 1. The van der Waals surface area contributed by atoms with Crippen LogP contribution in [-0.4, -0.2) is 27.3 Å². The number of nitrogens with one attached hydrogen (secondary N) is 1. The number of nitrogens with zero attached hydrogens (tertiary/aromatic N) is 3. The minimum absolute atomic E-state index is 0.139. The highest BCUT2D eigenvalue weighted by Gasteiger charge is 2.19. The zero-order chi connectivity index (χ0) is 18.0. The number of hydrogen-bond acceptors (Lipinski definition) is 4. The lowest BCUT2D eigenvalue weighted by Crippen LogP contribution is -2.24. The third kappa shape index (κ3) is 3.25. The molecule has 0 unspecified atom stereocenters. The SMILES string of the molecule is CCONC(=O)c1cc(-c2ccccc2C)nc2c1cnn2C(C)C. The van der Waals surface area contributed by atoms with Gasteiger partial charge in [-0.15, -0.1) is 0 Å². The Morgan fingerprint density at radius 1 is 1.32 bits per heavy atom. The summed E-state index contributed by atoms with van der Waals surface area (Å²) in [5, 5.41) is 5.12. The van der Waals surface area contributed by atoms with Crippen LogP contribution in [-0.2, 0) is 4.84 Å². The molecule has 25 heavy (non-hydrogen) atoms. The zero-order valence-electron chi connectivity index (χ0n) is 14.9. The molecule has 0 aliphatic rings. The molecule has 3 rings (SSSR count). The van der Waals surface area contributed by atoms with Crippen LogP contribution in [0, 0.1) is 6.92 Å². The summed E-state index contributed by atoms with van der Waals surface area (Å²) in [5.41, 5.74) is 6.50. The molecule has 0 radical (unpaired) electrons. The highest BCUT2D eigenvalue weighted by molar-refractivity contribution is 6.06. The molecule has 6 heteroatoms. The zero-order valence-corrected chi connectivity index (χ0v) is 14.9. The van der Waals surface area contributed by atoms with Gasteiger partial charge < -0.3 is 0 Å². The fourth-order valence-electron chi connectivity index (χ4n) is 2.77. The average molecular weight is 338 g/mol. The maximum absolute atomic E-state index is 12.6. The Kier molecular flexibility index (Phi) is 4.81. The monoisotopic (exact) mass is 338 g/mol. The van der Waals surface area contributed by atoms with Crippen molar-refractivity contribution in [1.82, 2.24) is 20.2 Å². The van der Waals surface area contributed by atoms with Gasteiger partial charge in [0.15, 0.2) is 5.65 Å². The molecule has 0 aliphatic carbocycles. The van der Waals surface area contributed by atoms with Crippen LogP contribution in [0.25, 0.3) is 22.3 Å². The fourth-order valence-corrected chi connectivity index (χ4v) is 2.77. The van der Waals surface area contributed by atoms with Gasteiger partial charge in [0.25, 0.3) is 5.91 Å². The quantitative estimate of drug-likeness (QED) is 0.721. The number of aryl methyl sites for hydroxylation is 1. The molecule has 1 N–H and O–H groups in total. The molecule has 6 nitrogen and oxygen atoms in total. The van der Waals surface area contributed by atoms with E-state index in [0.717, 1.165) is 16.8 Å². The second kappa shape index (κ2) is 7.03. The summed E-state index contributed by atoms with van der Waals surface area (Å²) in [4.78, 5) is 22.4. The number of rotatable bonds is 5. The first-order valence-corrected chi connectivity index (χ1v) is 8.39. The standard InChI is InChI=1S/C19H22N4O2/c1-5-25-22-19(24)15-10-17(14-9-7-6-8-13(14)4)21-18-16(15)11-20-23(18)12(2)3/h6-12H,5H2,1-4H3,(H,22,24). The number of fused-ring (bicyclic) bond motifs is 1. The maximum Gasteiger partial charge on any atom is 0.275 e. The summed E-state index contributed by atoms with van der Waals surface area (Å²) >= 11 is 0. The average Bonchev–Trinajstić information content (AvgIpc) is 3.03. The molecule has 0 saturated carbocycles. The lowest BCUT2D eigenvalue weighted by molar-refractivity contribution is 0.0366. The second-order valence-electron chi connectivity index (χ2n) is 6.15. The van der Waals surface area contributed by atoms with Crippen molar-refractivity contribution in [2.75, 3.05) is 6.61 Å². The highest BCUT2D eigenvalue weighted by Crippen LogP contribution is 2.28. The molecule has 130 valence electrons. The van der Waals surface area contributed by atoms with Gasteiger partial charge in [-0.05, 0) is 39.3 Å². The minimum Gasteiger partial charge on any atom is -0.274 e. The topological polar surface area (TPSA) is 69.0 Å². The molecule has 3 aromatic rings. The highest BCUT2D eigenvalue weighted by atomic mass is 16.6.